The molecule has 2 aliphatic carbocycles. The Balaban J connectivity index is 1.79. The van der Waals surface area contributed by atoms with Crippen molar-refractivity contribution in [2.45, 2.75) is 32.6 Å². The minimum atomic E-state index is 0.186. The number of nitrogens with two attached hydrogens (primary N) is 1. The van der Waals surface area contributed by atoms with Crippen LogP contribution in [-0.2, 0) is 6.42 Å². The molecule has 0 radical (unpaired) electrons. The molecule has 2 aliphatic rings. The fourth-order valence-corrected chi connectivity index (χ4v) is 3.61. The van der Waals surface area contributed by atoms with Gasteiger partial charge in [-0.1, -0.05) is 23.8 Å². The van der Waals surface area contributed by atoms with Gasteiger partial charge in [-0.3, -0.25) is 0 Å². The third-order valence-electron chi connectivity index (χ3n) is 4.58. The Kier molecular flexibility index (Phi) is 2.50. The molecule has 0 bridgehead atoms. The number of nitrogens with one attached hydrogen (secondary N) is 1. The molecule has 1 saturated carbocycles. The van der Waals surface area contributed by atoms with E-state index in [2.05, 4.69) is 33.6 Å². The van der Waals surface area contributed by atoms with E-state index in [0.717, 1.165) is 24.7 Å². The first kappa shape index (κ1) is 10.9. The summed E-state index contributed by atoms with van der Waals surface area (Å²) in [6.07, 6.45) is 6.98. The van der Waals surface area contributed by atoms with Crippen LogP contribution in [0.1, 0.15) is 32.0 Å². The van der Waals surface area contributed by atoms with Crippen LogP contribution >= 0.6 is 0 Å². The van der Waals surface area contributed by atoms with Gasteiger partial charge in [-0.05, 0) is 43.1 Å². The number of hydrogen-bond donors (Lipinski definition) is 2. The number of tetrazole rings is 1. The van der Waals surface area contributed by atoms with Crippen LogP contribution in [0.4, 0.5) is 0 Å². The fraction of sp³-hybridized carbons (Fsp3) is 0.750. The molecule has 1 heterocycles. The van der Waals surface area contributed by atoms with Gasteiger partial charge in [-0.2, -0.15) is 5.21 Å². The molecule has 17 heavy (non-hydrogen) atoms. The highest BCUT2D eigenvalue weighted by molar-refractivity contribution is 5.24. The number of nitrogens with zero attached hydrogens (tertiary/aromatic N) is 3. The smallest absolute Gasteiger partial charge is 0.175 e. The molecule has 0 aliphatic heterocycles. The van der Waals surface area contributed by atoms with Gasteiger partial charge in [0.15, 0.2) is 5.82 Å². The molecule has 3 rings (SSSR count). The van der Waals surface area contributed by atoms with Gasteiger partial charge < -0.3 is 5.73 Å². The van der Waals surface area contributed by atoms with Crippen molar-refractivity contribution >= 4 is 0 Å². The number of rotatable bonds is 4. The summed E-state index contributed by atoms with van der Waals surface area (Å²) >= 11 is 0. The normalized spacial score (nSPS) is 35.3. The Bertz CT molecular complexity index is 424. The average molecular weight is 233 g/mol. The van der Waals surface area contributed by atoms with Crippen molar-refractivity contribution < 1.29 is 0 Å². The van der Waals surface area contributed by atoms with Gasteiger partial charge >= 0.3 is 0 Å². The van der Waals surface area contributed by atoms with E-state index >= 15 is 0 Å². The number of aromatic amines is 1. The van der Waals surface area contributed by atoms with Crippen molar-refractivity contribution in [3.8, 4) is 0 Å². The minimum Gasteiger partial charge on any atom is -0.330 e. The number of allylic oxidation sites excluding steroid dienone is 2. The molecular formula is C12H19N5. The molecule has 0 amide bonds. The summed E-state index contributed by atoms with van der Waals surface area (Å²) < 4.78 is 0. The highest BCUT2D eigenvalue weighted by atomic mass is 15.5. The lowest BCUT2D eigenvalue weighted by atomic mass is 9.53. The molecule has 5 heteroatoms. The van der Waals surface area contributed by atoms with Gasteiger partial charge in [0.2, 0.25) is 0 Å². The first-order valence-corrected chi connectivity index (χ1v) is 6.39. The number of fused-ring (bicyclic) bond motifs is 1. The van der Waals surface area contributed by atoms with Gasteiger partial charge in [0.05, 0.1) is 0 Å². The Labute approximate surface area is 101 Å². The van der Waals surface area contributed by atoms with Crippen molar-refractivity contribution in [1.82, 2.24) is 20.6 Å². The highest BCUT2D eigenvalue weighted by Crippen LogP contribution is 2.58. The quantitative estimate of drug-likeness (QED) is 0.762. The summed E-state index contributed by atoms with van der Waals surface area (Å²) in [5, 5.41) is 14.3. The summed E-state index contributed by atoms with van der Waals surface area (Å²) in [7, 11) is 0. The van der Waals surface area contributed by atoms with Crippen molar-refractivity contribution in [1.29, 1.82) is 0 Å². The zero-order valence-corrected chi connectivity index (χ0v) is 10.2. The fourth-order valence-electron chi connectivity index (χ4n) is 3.61. The molecule has 3 atom stereocenters. The standard InChI is InChI=1S/C12H19N5/c1-2-8-3-9-5-12(7-13,10(9)4-8)6-11-14-16-17-15-11/h4,9-10H,2-3,5-7,13H2,1H3,(H,14,15,16,17)/t9-,10?,12-/m1/s1. The van der Waals surface area contributed by atoms with Crippen LogP contribution in [0.25, 0.3) is 0 Å². The highest BCUT2D eigenvalue weighted by Gasteiger charge is 2.54. The predicted molar refractivity (Wildman–Crippen MR) is 64.0 cm³/mol. The van der Waals surface area contributed by atoms with E-state index in [1.165, 1.54) is 19.3 Å². The van der Waals surface area contributed by atoms with Crippen molar-refractivity contribution in [2.24, 2.45) is 23.0 Å². The van der Waals surface area contributed by atoms with Crippen molar-refractivity contribution in [3.63, 3.8) is 0 Å². The molecule has 1 aromatic rings. The van der Waals surface area contributed by atoms with E-state index in [0.29, 0.717) is 5.92 Å². The zero-order chi connectivity index (χ0) is 11.9. The molecule has 1 fully saturated rings. The van der Waals surface area contributed by atoms with Gasteiger partial charge in [-0.15, -0.1) is 10.2 Å². The van der Waals surface area contributed by atoms with Crippen LogP contribution in [0.15, 0.2) is 11.6 Å². The van der Waals surface area contributed by atoms with E-state index in [9.17, 15) is 0 Å². The number of hydrogen-bond acceptors (Lipinski definition) is 4. The summed E-state index contributed by atoms with van der Waals surface area (Å²) in [6, 6.07) is 0. The minimum absolute atomic E-state index is 0.186. The van der Waals surface area contributed by atoms with E-state index in [1.54, 1.807) is 5.57 Å². The summed E-state index contributed by atoms with van der Waals surface area (Å²) in [4.78, 5) is 0. The monoisotopic (exact) mass is 233 g/mol. The maximum absolute atomic E-state index is 6.01. The topological polar surface area (TPSA) is 80.5 Å². The van der Waals surface area contributed by atoms with Gasteiger partial charge in [0.1, 0.15) is 0 Å². The van der Waals surface area contributed by atoms with Crippen molar-refractivity contribution in [2.75, 3.05) is 6.54 Å². The molecule has 5 nitrogen and oxygen atoms in total. The van der Waals surface area contributed by atoms with Crippen LogP contribution in [0, 0.1) is 17.3 Å². The lowest BCUT2D eigenvalue weighted by molar-refractivity contribution is 0.00727. The van der Waals surface area contributed by atoms with E-state index in [-0.39, 0.29) is 5.41 Å². The third kappa shape index (κ3) is 1.60. The van der Waals surface area contributed by atoms with Crippen LogP contribution < -0.4 is 5.73 Å². The van der Waals surface area contributed by atoms with E-state index < -0.39 is 0 Å². The average Bonchev–Trinajstić information content (AvgIpc) is 2.94. The van der Waals surface area contributed by atoms with Crippen LogP contribution in [0.5, 0.6) is 0 Å². The van der Waals surface area contributed by atoms with Crippen molar-refractivity contribution in [3.05, 3.63) is 17.5 Å². The molecule has 92 valence electrons. The molecule has 1 aromatic heterocycles. The molecule has 1 unspecified atom stereocenters. The van der Waals surface area contributed by atoms with Crippen LogP contribution in [0.2, 0.25) is 0 Å². The number of aromatic nitrogens is 4. The Morgan fingerprint density at radius 1 is 1.59 bits per heavy atom. The largest absolute Gasteiger partial charge is 0.330 e. The number of H-pyrrole nitrogens is 1. The predicted octanol–water partition coefficient (Wildman–Crippen LogP) is 1.06. The second kappa shape index (κ2) is 3.91. The lowest BCUT2D eigenvalue weighted by Gasteiger charge is -2.51. The molecular weight excluding hydrogens is 214 g/mol. The summed E-state index contributed by atoms with van der Waals surface area (Å²) in [5.74, 6) is 2.26. The van der Waals surface area contributed by atoms with Crippen LogP contribution in [-0.4, -0.2) is 27.2 Å². The third-order valence-corrected chi connectivity index (χ3v) is 4.58. The zero-order valence-electron chi connectivity index (χ0n) is 10.2. The maximum atomic E-state index is 6.01. The molecule has 3 N–H and O–H groups in total. The maximum Gasteiger partial charge on any atom is 0.175 e. The molecule has 0 spiro atoms. The SMILES string of the molecule is CCC1=CC2[C@H](C1)C[C@]2(CN)Cc1nn[nH]n1. The van der Waals surface area contributed by atoms with E-state index in [1.807, 2.05) is 0 Å². The Morgan fingerprint density at radius 3 is 3.12 bits per heavy atom. The summed E-state index contributed by atoms with van der Waals surface area (Å²) in [5.41, 5.74) is 7.80. The van der Waals surface area contributed by atoms with Gasteiger partial charge in [0, 0.05) is 6.42 Å². The molecule has 0 aromatic carbocycles. The Morgan fingerprint density at radius 2 is 2.47 bits per heavy atom. The first-order chi connectivity index (χ1) is 8.27. The Hall–Kier alpha value is -1.23. The molecule has 0 saturated heterocycles. The van der Waals surface area contributed by atoms with Crippen LogP contribution in [0.3, 0.4) is 0 Å². The van der Waals surface area contributed by atoms with Gasteiger partial charge in [-0.25, -0.2) is 0 Å². The van der Waals surface area contributed by atoms with E-state index in [4.69, 9.17) is 5.73 Å². The first-order valence-electron chi connectivity index (χ1n) is 6.39. The second-order valence-corrected chi connectivity index (χ2v) is 5.44. The lowest BCUT2D eigenvalue weighted by Crippen LogP contribution is -2.51. The second-order valence-electron chi connectivity index (χ2n) is 5.44. The summed E-state index contributed by atoms with van der Waals surface area (Å²) in [6.45, 7) is 2.95. The van der Waals surface area contributed by atoms with Gasteiger partial charge in [0.25, 0.3) is 0 Å².